The highest BCUT2D eigenvalue weighted by Gasteiger charge is 1.96. The smallest absolute Gasteiger partial charge is 0.0320 e. The monoisotopic (exact) mass is 259 g/mol. The van der Waals surface area contributed by atoms with Crippen LogP contribution in [0.15, 0.2) is 72.8 Å². The number of nitrogens with two attached hydrogens (primary N) is 1. The number of benzene rings is 3. The van der Waals surface area contributed by atoms with Crippen LogP contribution in [0.2, 0.25) is 0 Å². The molecule has 0 saturated carbocycles. The van der Waals surface area contributed by atoms with E-state index >= 15 is 0 Å². The summed E-state index contributed by atoms with van der Waals surface area (Å²) in [6.07, 6.45) is 5.30. The maximum Gasteiger partial charge on any atom is 0.0320 e. The van der Waals surface area contributed by atoms with Gasteiger partial charge in [-0.2, -0.15) is 0 Å². The quantitative estimate of drug-likeness (QED) is 0.679. The average Bonchev–Trinajstić information content (AvgIpc) is 2.48. The van der Waals surface area contributed by atoms with Crippen molar-refractivity contribution in [1.82, 2.24) is 0 Å². The predicted molar refractivity (Wildman–Crippen MR) is 87.5 cm³/mol. The van der Waals surface area contributed by atoms with Gasteiger partial charge in [0, 0.05) is 5.69 Å². The standard InChI is InChI=1S/C19H17N/c20-19-12-11-17-13-16(9-10-18(17)14-19)8-4-7-15-5-2-1-3-6-15/h1-7,9-14H,8,20H2/b7-4+. The molecule has 0 unspecified atom stereocenters. The largest absolute Gasteiger partial charge is 0.399 e. The number of allylic oxidation sites excluding steroid dienone is 1. The normalized spacial score (nSPS) is 11.2. The van der Waals surface area contributed by atoms with Crippen LogP contribution in [0.1, 0.15) is 11.1 Å². The molecule has 3 aromatic carbocycles. The van der Waals surface area contributed by atoms with Crippen molar-refractivity contribution in [3.05, 3.63) is 83.9 Å². The van der Waals surface area contributed by atoms with E-state index in [4.69, 9.17) is 5.73 Å². The zero-order valence-corrected chi connectivity index (χ0v) is 11.3. The molecule has 0 aliphatic carbocycles. The van der Waals surface area contributed by atoms with E-state index in [0.717, 1.165) is 12.1 Å². The minimum atomic E-state index is 0.814. The fourth-order valence-electron chi connectivity index (χ4n) is 2.34. The second-order valence-electron chi connectivity index (χ2n) is 4.96. The van der Waals surface area contributed by atoms with Crippen molar-refractivity contribution in [2.45, 2.75) is 6.42 Å². The maximum atomic E-state index is 5.80. The molecule has 0 heterocycles. The molecule has 1 heteroatoms. The third-order valence-electron chi connectivity index (χ3n) is 3.39. The molecule has 98 valence electrons. The maximum absolute atomic E-state index is 5.80. The molecular weight excluding hydrogens is 242 g/mol. The Balaban J connectivity index is 1.78. The zero-order chi connectivity index (χ0) is 13.8. The minimum absolute atomic E-state index is 0.814. The van der Waals surface area contributed by atoms with E-state index in [2.05, 4.69) is 60.7 Å². The van der Waals surface area contributed by atoms with Crippen LogP contribution in [0.4, 0.5) is 5.69 Å². The van der Waals surface area contributed by atoms with Gasteiger partial charge in [-0.25, -0.2) is 0 Å². The summed E-state index contributed by atoms with van der Waals surface area (Å²) in [5, 5.41) is 2.44. The van der Waals surface area contributed by atoms with Gasteiger partial charge < -0.3 is 5.73 Å². The lowest BCUT2D eigenvalue weighted by molar-refractivity contribution is 1.29. The van der Waals surface area contributed by atoms with Crippen LogP contribution in [-0.4, -0.2) is 0 Å². The SMILES string of the molecule is Nc1ccc2cc(C/C=C/c3ccccc3)ccc2c1. The molecule has 1 nitrogen and oxygen atoms in total. The Bertz CT molecular complexity index is 742. The van der Waals surface area contributed by atoms with Crippen molar-refractivity contribution in [2.24, 2.45) is 0 Å². The lowest BCUT2D eigenvalue weighted by atomic mass is 10.0. The molecule has 0 spiro atoms. The van der Waals surface area contributed by atoms with Crippen molar-refractivity contribution in [1.29, 1.82) is 0 Å². The number of nitrogen functional groups attached to an aromatic ring is 1. The molecule has 20 heavy (non-hydrogen) atoms. The summed E-state index contributed by atoms with van der Waals surface area (Å²) in [5.74, 6) is 0. The number of hydrogen-bond donors (Lipinski definition) is 1. The summed E-state index contributed by atoms with van der Waals surface area (Å²) < 4.78 is 0. The topological polar surface area (TPSA) is 26.0 Å². The molecule has 0 amide bonds. The summed E-state index contributed by atoms with van der Waals surface area (Å²) >= 11 is 0. The second kappa shape index (κ2) is 5.62. The van der Waals surface area contributed by atoms with Gasteiger partial charge in [0.1, 0.15) is 0 Å². The molecule has 0 radical (unpaired) electrons. The Labute approximate surface area is 119 Å². The number of hydrogen-bond acceptors (Lipinski definition) is 1. The van der Waals surface area contributed by atoms with Gasteiger partial charge in [-0.15, -0.1) is 0 Å². The molecule has 2 N–H and O–H groups in total. The molecule has 0 bridgehead atoms. The van der Waals surface area contributed by atoms with Crippen molar-refractivity contribution in [3.63, 3.8) is 0 Å². The molecule has 0 aromatic heterocycles. The fraction of sp³-hybridized carbons (Fsp3) is 0.0526. The lowest BCUT2D eigenvalue weighted by Gasteiger charge is -2.02. The Morgan fingerprint density at radius 2 is 1.55 bits per heavy atom. The zero-order valence-electron chi connectivity index (χ0n) is 11.3. The van der Waals surface area contributed by atoms with Crippen LogP contribution < -0.4 is 5.73 Å². The molecular formula is C19H17N. The van der Waals surface area contributed by atoms with Crippen molar-refractivity contribution in [2.75, 3.05) is 5.73 Å². The van der Waals surface area contributed by atoms with Crippen LogP contribution in [0, 0.1) is 0 Å². The highest BCUT2D eigenvalue weighted by atomic mass is 14.5. The number of anilines is 1. The Hall–Kier alpha value is -2.54. The van der Waals surface area contributed by atoms with E-state index in [1.54, 1.807) is 0 Å². The average molecular weight is 259 g/mol. The van der Waals surface area contributed by atoms with Gasteiger partial charge in [0.15, 0.2) is 0 Å². The number of fused-ring (bicyclic) bond motifs is 1. The van der Waals surface area contributed by atoms with E-state index in [-0.39, 0.29) is 0 Å². The van der Waals surface area contributed by atoms with E-state index in [9.17, 15) is 0 Å². The highest BCUT2D eigenvalue weighted by molar-refractivity contribution is 5.86. The van der Waals surface area contributed by atoms with Crippen LogP contribution in [-0.2, 0) is 6.42 Å². The van der Waals surface area contributed by atoms with Gasteiger partial charge in [0.25, 0.3) is 0 Å². The van der Waals surface area contributed by atoms with Gasteiger partial charge in [-0.1, -0.05) is 66.7 Å². The first-order valence-corrected chi connectivity index (χ1v) is 6.81. The van der Waals surface area contributed by atoms with Crippen LogP contribution in [0.3, 0.4) is 0 Å². The Morgan fingerprint density at radius 3 is 2.40 bits per heavy atom. The van der Waals surface area contributed by atoms with Gasteiger partial charge >= 0.3 is 0 Å². The molecule has 0 saturated heterocycles. The van der Waals surface area contributed by atoms with Gasteiger partial charge in [0.2, 0.25) is 0 Å². The van der Waals surface area contributed by atoms with Gasteiger partial charge in [-0.3, -0.25) is 0 Å². The first kappa shape index (κ1) is 12.5. The molecule has 3 rings (SSSR count). The predicted octanol–water partition coefficient (Wildman–Crippen LogP) is 4.68. The van der Waals surface area contributed by atoms with Gasteiger partial charge in [-0.05, 0) is 40.5 Å². The highest BCUT2D eigenvalue weighted by Crippen LogP contribution is 2.19. The van der Waals surface area contributed by atoms with Crippen molar-refractivity contribution >= 4 is 22.5 Å². The van der Waals surface area contributed by atoms with Crippen LogP contribution in [0.25, 0.3) is 16.8 Å². The third-order valence-corrected chi connectivity index (χ3v) is 3.39. The van der Waals surface area contributed by atoms with E-state index in [0.29, 0.717) is 0 Å². The van der Waals surface area contributed by atoms with Crippen molar-refractivity contribution in [3.8, 4) is 0 Å². The summed E-state index contributed by atoms with van der Waals surface area (Å²) in [5.41, 5.74) is 9.16. The first-order valence-electron chi connectivity index (χ1n) is 6.81. The third kappa shape index (κ3) is 2.89. The summed E-state index contributed by atoms with van der Waals surface area (Å²) in [6, 6.07) is 22.9. The van der Waals surface area contributed by atoms with Crippen LogP contribution >= 0.6 is 0 Å². The molecule has 0 aliphatic heterocycles. The van der Waals surface area contributed by atoms with Gasteiger partial charge in [0.05, 0.1) is 0 Å². The lowest BCUT2D eigenvalue weighted by Crippen LogP contribution is -1.85. The van der Waals surface area contributed by atoms with E-state index in [1.165, 1.54) is 21.9 Å². The Kier molecular flexibility index (Phi) is 3.51. The fourth-order valence-corrected chi connectivity index (χ4v) is 2.34. The second-order valence-corrected chi connectivity index (χ2v) is 4.96. The summed E-state index contributed by atoms with van der Waals surface area (Å²) in [6.45, 7) is 0. The summed E-state index contributed by atoms with van der Waals surface area (Å²) in [7, 11) is 0. The van der Waals surface area contributed by atoms with E-state index < -0.39 is 0 Å². The van der Waals surface area contributed by atoms with Crippen molar-refractivity contribution < 1.29 is 0 Å². The molecule has 0 atom stereocenters. The first-order chi connectivity index (χ1) is 9.81. The minimum Gasteiger partial charge on any atom is -0.399 e. The molecule has 0 fully saturated rings. The molecule has 3 aromatic rings. The Morgan fingerprint density at radius 1 is 0.800 bits per heavy atom. The summed E-state index contributed by atoms with van der Waals surface area (Å²) in [4.78, 5) is 0. The molecule has 0 aliphatic rings. The number of rotatable bonds is 3. The van der Waals surface area contributed by atoms with E-state index in [1.807, 2.05) is 18.2 Å². The van der Waals surface area contributed by atoms with Crippen LogP contribution in [0.5, 0.6) is 0 Å².